The molecule has 5 nitrogen and oxygen atoms in total. The fraction of sp³-hybridized carbons (Fsp3) is 0.600. The number of hydrogen-bond donors (Lipinski definition) is 1. The first-order valence-electron chi connectivity index (χ1n) is 9.71. The summed E-state index contributed by atoms with van der Waals surface area (Å²) in [7, 11) is 0. The van der Waals surface area contributed by atoms with Crippen LogP contribution in [0.5, 0.6) is 0 Å². The lowest BCUT2D eigenvalue weighted by molar-refractivity contribution is 0.299. The van der Waals surface area contributed by atoms with Crippen LogP contribution in [-0.4, -0.2) is 39.9 Å². The van der Waals surface area contributed by atoms with Crippen LogP contribution in [0.15, 0.2) is 29.4 Å². The van der Waals surface area contributed by atoms with Crippen LogP contribution >= 0.6 is 24.0 Å². The number of nitrogens with one attached hydrogen (secondary N) is 1. The SMILES string of the molecule is CCNC(=NCc1cn2c(C)cccc2n1)N1CC2CCCCC2C1.I. The van der Waals surface area contributed by atoms with Crippen molar-refractivity contribution in [1.29, 1.82) is 0 Å². The lowest BCUT2D eigenvalue weighted by atomic mass is 9.82. The summed E-state index contributed by atoms with van der Waals surface area (Å²) in [4.78, 5) is 12.1. The van der Waals surface area contributed by atoms with Gasteiger partial charge in [-0.2, -0.15) is 0 Å². The first-order valence-corrected chi connectivity index (χ1v) is 9.71. The van der Waals surface area contributed by atoms with Crippen molar-refractivity contribution < 1.29 is 0 Å². The third-order valence-corrected chi connectivity index (χ3v) is 5.75. The Bertz CT molecular complexity index is 755. The molecule has 2 atom stereocenters. The molecular weight excluding hydrogens is 437 g/mol. The molecule has 0 radical (unpaired) electrons. The molecule has 1 N–H and O–H groups in total. The average Bonchev–Trinajstić information content (AvgIpc) is 3.23. The van der Waals surface area contributed by atoms with E-state index >= 15 is 0 Å². The molecule has 0 amide bonds. The molecule has 1 saturated heterocycles. The topological polar surface area (TPSA) is 44.9 Å². The van der Waals surface area contributed by atoms with Crippen molar-refractivity contribution in [2.75, 3.05) is 19.6 Å². The Morgan fingerprint density at radius 3 is 2.62 bits per heavy atom. The lowest BCUT2D eigenvalue weighted by Gasteiger charge is -2.22. The van der Waals surface area contributed by atoms with E-state index in [4.69, 9.17) is 9.98 Å². The fourth-order valence-electron chi connectivity index (χ4n) is 4.44. The van der Waals surface area contributed by atoms with E-state index in [1.165, 1.54) is 44.5 Å². The maximum absolute atomic E-state index is 4.90. The second kappa shape index (κ2) is 8.59. The summed E-state index contributed by atoms with van der Waals surface area (Å²) in [5.41, 5.74) is 3.24. The predicted octanol–water partition coefficient (Wildman–Crippen LogP) is 3.85. The third kappa shape index (κ3) is 4.00. The van der Waals surface area contributed by atoms with Crippen LogP contribution in [0.2, 0.25) is 0 Å². The summed E-state index contributed by atoms with van der Waals surface area (Å²) < 4.78 is 2.14. The van der Waals surface area contributed by atoms with Crippen molar-refractivity contribution in [3.05, 3.63) is 35.8 Å². The van der Waals surface area contributed by atoms with Gasteiger partial charge in [-0.25, -0.2) is 9.98 Å². The number of hydrogen-bond acceptors (Lipinski definition) is 2. The molecule has 2 aliphatic rings. The molecule has 0 bridgehead atoms. The van der Waals surface area contributed by atoms with Gasteiger partial charge in [-0.15, -0.1) is 24.0 Å². The number of guanidine groups is 1. The van der Waals surface area contributed by atoms with Gasteiger partial charge in [0.2, 0.25) is 0 Å². The molecule has 142 valence electrons. The molecule has 1 aliphatic heterocycles. The van der Waals surface area contributed by atoms with E-state index in [-0.39, 0.29) is 24.0 Å². The highest BCUT2D eigenvalue weighted by Gasteiger charge is 2.35. The van der Waals surface area contributed by atoms with Crippen molar-refractivity contribution >= 4 is 35.6 Å². The Kier molecular flexibility index (Phi) is 6.42. The van der Waals surface area contributed by atoms with Crippen molar-refractivity contribution in [2.24, 2.45) is 16.8 Å². The summed E-state index contributed by atoms with van der Waals surface area (Å²) in [6.45, 7) is 8.14. The minimum absolute atomic E-state index is 0. The lowest BCUT2D eigenvalue weighted by Crippen LogP contribution is -2.40. The van der Waals surface area contributed by atoms with Crippen LogP contribution in [0.3, 0.4) is 0 Å². The van der Waals surface area contributed by atoms with Crippen LogP contribution in [0, 0.1) is 18.8 Å². The van der Waals surface area contributed by atoms with Gasteiger partial charge >= 0.3 is 0 Å². The number of aliphatic imine (C=N–C) groups is 1. The molecule has 0 aromatic carbocycles. The quantitative estimate of drug-likeness (QED) is 0.424. The molecule has 2 aromatic rings. The Hall–Kier alpha value is -1.31. The van der Waals surface area contributed by atoms with Crippen molar-refractivity contribution in [2.45, 2.75) is 46.1 Å². The minimum atomic E-state index is 0. The zero-order chi connectivity index (χ0) is 17.2. The van der Waals surface area contributed by atoms with E-state index in [0.29, 0.717) is 6.54 Å². The van der Waals surface area contributed by atoms with E-state index in [2.05, 4.69) is 52.9 Å². The molecule has 3 heterocycles. The maximum atomic E-state index is 4.90. The van der Waals surface area contributed by atoms with Crippen LogP contribution < -0.4 is 5.32 Å². The van der Waals surface area contributed by atoms with E-state index in [1.807, 2.05) is 0 Å². The Balaban J connectivity index is 0.00000196. The number of rotatable bonds is 3. The summed E-state index contributed by atoms with van der Waals surface area (Å²) in [6, 6.07) is 6.22. The molecule has 6 heteroatoms. The second-order valence-corrected chi connectivity index (χ2v) is 7.51. The Morgan fingerprint density at radius 2 is 1.96 bits per heavy atom. The second-order valence-electron chi connectivity index (χ2n) is 7.51. The predicted molar refractivity (Wildman–Crippen MR) is 117 cm³/mol. The average molecular weight is 467 g/mol. The molecular formula is C20H30IN5. The molecule has 1 saturated carbocycles. The van der Waals surface area contributed by atoms with Gasteiger partial charge in [0.05, 0.1) is 12.2 Å². The summed E-state index contributed by atoms with van der Waals surface area (Å²) in [5.74, 6) is 2.80. The van der Waals surface area contributed by atoms with E-state index in [0.717, 1.165) is 35.7 Å². The Morgan fingerprint density at radius 1 is 1.23 bits per heavy atom. The largest absolute Gasteiger partial charge is 0.357 e. The van der Waals surface area contributed by atoms with Crippen LogP contribution in [-0.2, 0) is 6.54 Å². The minimum Gasteiger partial charge on any atom is -0.357 e. The maximum Gasteiger partial charge on any atom is 0.194 e. The van der Waals surface area contributed by atoms with E-state index in [1.54, 1.807) is 0 Å². The molecule has 26 heavy (non-hydrogen) atoms. The van der Waals surface area contributed by atoms with Gasteiger partial charge in [0.1, 0.15) is 5.65 Å². The van der Waals surface area contributed by atoms with Crippen LogP contribution in [0.4, 0.5) is 0 Å². The van der Waals surface area contributed by atoms with Gasteiger partial charge in [0.15, 0.2) is 5.96 Å². The van der Waals surface area contributed by atoms with Crippen LogP contribution in [0.25, 0.3) is 5.65 Å². The van der Waals surface area contributed by atoms with Crippen molar-refractivity contribution in [3.8, 4) is 0 Å². The number of aromatic nitrogens is 2. The third-order valence-electron chi connectivity index (χ3n) is 5.75. The summed E-state index contributed by atoms with van der Waals surface area (Å²) in [5, 5.41) is 3.49. The van der Waals surface area contributed by atoms with Crippen molar-refractivity contribution in [1.82, 2.24) is 19.6 Å². The van der Waals surface area contributed by atoms with Gasteiger partial charge in [-0.3, -0.25) is 0 Å². The zero-order valence-corrected chi connectivity index (χ0v) is 18.1. The zero-order valence-electron chi connectivity index (χ0n) is 15.8. The highest BCUT2D eigenvalue weighted by molar-refractivity contribution is 14.0. The highest BCUT2D eigenvalue weighted by atomic mass is 127. The normalized spacial score (nSPS) is 23.0. The number of nitrogens with zero attached hydrogens (tertiary/aromatic N) is 4. The summed E-state index contributed by atoms with van der Waals surface area (Å²) in [6.07, 6.45) is 7.71. The monoisotopic (exact) mass is 467 g/mol. The highest BCUT2D eigenvalue weighted by Crippen LogP contribution is 2.35. The molecule has 2 fully saturated rings. The first kappa shape index (κ1) is 19.5. The molecule has 0 spiro atoms. The molecule has 2 unspecified atom stereocenters. The van der Waals surface area contributed by atoms with Gasteiger partial charge in [-0.1, -0.05) is 18.9 Å². The van der Waals surface area contributed by atoms with Crippen LogP contribution in [0.1, 0.15) is 44.0 Å². The number of fused-ring (bicyclic) bond motifs is 2. The van der Waals surface area contributed by atoms with Crippen molar-refractivity contribution in [3.63, 3.8) is 0 Å². The Labute approximate surface area is 173 Å². The molecule has 4 rings (SSSR count). The van der Waals surface area contributed by atoms with Gasteiger partial charge in [0, 0.05) is 31.5 Å². The number of imidazole rings is 1. The first-order chi connectivity index (χ1) is 12.2. The van der Waals surface area contributed by atoms with Gasteiger partial charge in [-0.05, 0) is 50.7 Å². The summed E-state index contributed by atoms with van der Waals surface area (Å²) >= 11 is 0. The smallest absolute Gasteiger partial charge is 0.194 e. The number of pyridine rings is 1. The fourth-order valence-corrected chi connectivity index (χ4v) is 4.44. The molecule has 2 aromatic heterocycles. The standard InChI is InChI=1S/C20H29N5.HI/c1-3-21-20(24-12-16-8-4-5-9-17(16)13-24)22-11-18-14-25-15(2)7-6-10-19(25)23-18;/h6-7,10,14,16-17H,3-5,8-9,11-13H2,1-2H3,(H,21,22);1H. The number of halogens is 1. The van der Waals surface area contributed by atoms with Gasteiger partial charge in [0.25, 0.3) is 0 Å². The van der Waals surface area contributed by atoms with E-state index < -0.39 is 0 Å². The number of aryl methyl sites for hydroxylation is 1. The molecule has 1 aliphatic carbocycles. The number of likely N-dealkylation sites (tertiary alicyclic amines) is 1. The van der Waals surface area contributed by atoms with E-state index in [9.17, 15) is 0 Å². The van der Waals surface area contributed by atoms with Gasteiger partial charge < -0.3 is 14.6 Å².